The van der Waals surface area contributed by atoms with Gasteiger partial charge in [0.15, 0.2) is 6.10 Å². The van der Waals surface area contributed by atoms with E-state index in [0.717, 1.165) is 12.8 Å². The van der Waals surface area contributed by atoms with Crippen LogP contribution in [0.3, 0.4) is 0 Å². The van der Waals surface area contributed by atoms with Gasteiger partial charge in [-0.1, -0.05) is 48.1 Å². The Hall–Kier alpha value is -1.17. The second-order valence-electron chi connectivity index (χ2n) is 5.24. The molecule has 5 nitrogen and oxygen atoms in total. The Balaban J connectivity index is 2.30. The monoisotopic (exact) mass is 378 g/mol. The third-order valence-corrected chi connectivity index (χ3v) is 3.93. The summed E-state index contributed by atoms with van der Waals surface area (Å²) in [5, 5.41) is 2.51. The number of benzene rings is 1. The number of rotatable bonds is 4. The van der Waals surface area contributed by atoms with Crippen LogP contribution >= 0.6 is 34.8 Å². The zero-order valence-corrected chi connectivity index (χ0v) is 15.0. The minimum atomic E-state index is -2.06. The average molecular weight is 380 g/mol. The molecule has 2 rings (SSSR count). The molecule has 0 fully saturated rings. The fraction of sp³-hybridized carbons (Fsp3) is 0.467. The zero-order valence-electron chi connectivity index (χ0n) is 12.7. The molecule has 0 radical (unpaired) electrons. The maximum atomic E-state index is 12.3. The lowest BCUT2D eigenvalue weighted by molar-refractivity contribution is -0.125. The molecule has 1 aromatic rings. The summed E-state index contributed by atoms with van der Waals surface area (Å²) in [6.45, 7) is 4.34. The highest BCUT2D eigenvalue weighted by Crippen LogP contribution is 2.37. The summed E-state index contributed by atoms with van der Waals surface area (Å²) in [7, 11) is 0. The van der Waals surface area contributed by atoms with Gasteiger partial charge in [0.25, 0.3) is 15.6 Å². The Morgan fingerprint density at radius 1 is 1.39 bits per heavy atom. The van der Waals surface area contributed by atoms with E-state index in [1.165, 1.54) is 0 Å². The molecule has 0 aliphatic carbocycles. The van der Waals surface area contributed by atoms with Gasteiger partial charge in [-0.25, -0.2) is 0 Å². The van der Waals surface area contributed by atoms with Gasteiger partial charge in [-0.2, -0.15) is 0 Å². The Bertz CT molecular complexity index is 616. The maximum absolute atomic E-state index is 12.3. The number of amides is 2. The minimum Gasteiger partial charge on any atom is -0.479 e. The van der Waals surface area contributed by atoms with Crippen molar-refractivity contribution in [3.63, 3.8) is 0 Å². The van der Waals surface area contributed by atoms with Crippen molar-refractivity contribution in [1.82, 2.24) is 0 Å². The van der Waals surface area contributed by atoms with E-state index in [0.29, 0.717) is 23.7 Å². The van der Waals surface area contributed by atoms with Crippen molar-refractivity contribution in [2.75, 3.05) is 16.8 Å². The molecule has 1 aromatic carbocycles. The van der Waals surface area contributed by atoms with Gasteiger partial charge in [0.05, 0.1) is 5.69 Å². The first-order valence-electron chi connectivity index (χ1n) is 7.24. The Morgan fingerprint density at radius 3 is 2.70 bits per heavy atom. The van der Waals surface area contributed by atoms with Gasteiger partial charge in [-0.3, -0.25) is 9.59 Å². The molecule has 1 aliphatic rings. The first-order valence-corrected chi connectivity index (χ1v) is 8.37. The largest absolute Gasteiger partial charge is 0.479 e. The molecule has 2 amide bonds. The van der Waals surface area contributed by atoms with Crippen molar-refractivity contribution in [1.29, 1.82) is 0 Å². The van der Waals surface area contributed by atoms with Gasteiger partial charge in [-0.15, -0.1) is 0 Å². The molecule has 0 aromatic heterocycles. The molecule has 8 heteroatoms. The van der Waals surface area contributed by atoms with Gasteiger partial charge >= 0.3 is 0 Å². The standard InChI is InChI=1S/C15H17Cl3N2O3/c1-3-4-7-20-11-8-10(19-14(22)15(16,17)18)5-6-12(11)23-9(2)13(20)21/h5-6,8-9H,3-4,7H2,1-2H3,(H,19,22). The number of anilines is 2. The fourth-order valence-corrected chi connectivity index (χ4v) is 2.38. The van der Waals surface area contributed by atoms with Crippen LogP contribution in [0.5, 0.6) is 5.75 Å². The van der Waals surface area contributed by atoms with Crippen LogP contribution in [0, 0.1) is 0 Å². The zero-order chi connectivity index (χ0) is 17.2. The Labute approximate surface area is 149 Å². The number of alkyl halides is 3. The fourth-order valence-electron chi connectivity index (χ4n) is 2.23. The number of nitrogens with zero attached hydrogens (tertiary/aromatic N) is 1. The normalized spacial score (nSPS) is 17.5. The average Bonchev–Trinajstić information content (AvgIpc) is 2.47. The van der Waals surface area contributed by atoms with Crippen molar-refractivity contribution in [2.45, 2.75) is 36.6 Å². The number of nitrogens with one attached hydrogen (secondary N) is 1. The first-order chi connectivity index (χ1) is 10.7. The molecule has 0 saturated carbocycles. The van der Waals surface area contributed by atoms with Gasteiger partial charge in [0.1, 0.15) is 5.75 Å². The smallest absolute Gasteiger partial charge is 0.276 e. The van der Waals surface area contributed by atoms with Crippen LogP contribution in [0.15, 0.2) is 18.2 Å². The highest BCUT2D eigenvalue weighted by Gasteiger charge is 2.33. The lowest BCUT2D eigenvalue weighted by Gasteiger charge is -2.33. The van der Waals surface area contributed by atoms with E-state index in [9.17, 15) is 9.59 Å². The van der Waals surface area contributed by atoms with Crippen LogP contribution in [0.1, 0.15) is 26.7 Å². The van der Waals surface area contributed by atoms with E-state index in [1.54, 1.807) is 30.0 Å². The van der Waals surface area contributed by atoms with Crippen LogP contribution in [0.25, 0.3) is 0 Å². The number of carbonyl (C=O) groups excluding carboxylic acids is 2. The van der Waals surface area contributed by atoms with E-state index in [-0.39, 0.29) is 5.91 Å². The molecule has 0 spiro atoms. The Kier molecular flexibility index (Phi) is 5.65. The van der Waals surface area contributed by atoms with E-state index < -0.39 is 15.8 Å². The third kappa shape index (κ3) is 4.22. The molecule has 1 N–H and O–H groups in total. The van der Waals surface area contributed by atoms with Crippen molar-refractivity contribution in [3.05, 3.63) is 18.2 Å². The molecule has 1 heterocycles. The van der Waals surface area contributed by atoms with Crippen LogP contribution in [0.2, 0.25) is 0 Å². The lowest BCUT2D eigenvalue weighted by Crippen LogP contribution is -2.44. The summed E-state index contributed by atoms with van der Waals surface area (Å²) in [4.78, 5) is 25.8. The highest BCUT2D eigenvalue weighted by atomic mass is 35.6. The Morgan fingerprint density at radius 2 is 2.09 bits per heavy atom. The lowest BCUT2D eigenvalue weighted by atomic mass is 10.1. The number of hydrogen-bond donors (Lipinski definition) is 1. The predicted molar refractivity (Wildman–Crippen MR) is 92.7 cm³/mol. The number of unbranched alkanes of at least 4 members (excludes halogenated alkanes) is 1. The molecule has 1 unspecified atom stereocenters. The van der Waals surface area contributed by atoms with E-state index in [4.69, 9.17) is 39.5 Å². The molecule has 0 bridgehead atoms. The van der Waals surface area contributed by atoms with E-state index in [2.05, 4.69) is 5.32 Å². The third-order valence-electron chi connectivity index (χ3n) is 3.42. The maximum Gasteiger partial charge on any atom is 0.276 e. The number of hydrogen-bond acceptors (Lipinski definition) is 3. The van der Waals surface area contributed by atoms with Gasteiger partial charge in [-0.05, 0) is 31.5 Å². The van der Waals surface area contributed by atoms with Crippen molar-refractivity contribution >= 4 is 58.0 Å². The molecule has 126 valence electrons. The van der Waals surface area contributed by atoms with Crippen LogP contribution in [0.4, 0.5) is 11.4 Å². The number of ether oxygens (including phenoxy) is 1. The summed E-state index contributed by atoms with van der Waals surface area (Å²) in [6.07, 6.45) is 1.28. The summed E-state index contributed by atoms with van der Waals surface area (Å²) >= 11 is 16.6. The minimum absolute atomic E-state index is 0.115. The van der Waals surface area contributed by atoms with E-state index in [1.807, 2.05) is 6.92 Å². The summed E-state index contributed by atoms with van der Waals surface area (Å²) in [6, 6.07) is 4.96. The second-order valence-corrected chi connectivity index (χ2v) is 7.52. The molecule has 1 aliphatic heterocycles. The van der Waals surface area contributed by atoms with Crippen LogP contribution < -0.4 is 15.0 Å². The molecule has 23 heavy (non-hydrogen) atoms. The highest BCUT2D eigenvalue weighted by molar-refractivity contribution is 6.76. The summed E-state index contributed by atoms with van der Waals surface area (Å²) < 4.78 is 3.54. The second kappa shape index (κ2) is 7.16. The van der Waals surface area contributed by atoms with Gasteiger partial charge < -0.3 is 15.0 Å². The number of halogens is 3. The van der Waals surface area contributed by atoms with Crippen molar-refractivity contribution in [3.8, 4) is 5.75 Å². The molecule has 0 saturated heterocycles. The first kappa shape index (κ1) is 18.2. The summed E-state index contributed by atoms with van der Waals surface area (Å²) in [5.41, 5.74) is 1.02. The number of carbonyl (C=O) groups is 2. The van der Waals surface area contributed by atoms with Crippen LogP contribution in [-0.2, 0) is 9.59 Å². The molecular weight excluding hydrogens is 363 g/mol. The van der Waals surface area contributed by atoms with Gasteiger partial charge in [0, 0.05) is 12.2 Å². The van der Waals surface area contributed by atoms with E-state index >= 15 is 0 Å². The van der Waals surface area contributed by atoms with Gasteiger partial charge in [0.2, 0.25) is 0 Å². The summed E-state index contributed by atoms with van der Waals surface area (Å²) in [5.74, 6) is -0.296. The molecular formula is C15H17Cl3N2O3. The quantitative estimate of drug-likeness (QED) is 0.807. The number of fused-ring (bicyclic) bond motifs is 1. The molecule has 1 atom stereocenters. The van der Waals surface area contributed by atoms with Crippen molar-refractivity contribution < 1.29 is 14.3 Å². The van der Waals surface area contributed by atoms with Crippen LogP contribution in [-0.4, -0.2) is 28.3 Å². The predicted octanol–water partition coefficient (Wildman–Crippen LogP) is 3.91. The SMILES string of the molecule is CCCCN1C(=O)C(C)Oc2ccc(NC(=O)C(Cl)(Cl)Cl)cc21. The van der Waals surface area contributed by atoms with Crippen molar-refractivity contribution in [2.24, 2.45) is 0 Å². The topological polar surface area (TPSA) is 58.6 Å².